The molecule has 0 saturated heterocycles. The van der Waals surface area contributed by atoms with Crippen molar-refractivity contribution in [1.82, 2.24) is 4.72 Å². The number of carbonyl (C=O) groups excluding carboxylic acids is 1. The van der Waals surface area contributed by atoms with E-state index in [1.807, 2.05) is 0 Å². The van der Waals surface area contributed by atoms with Crippen LogP contribution in [-0.2, 0) is 19.6 Å². The smallest absolute Gasteiger partial charge is 0.307 e. The summed E-state index contributed by atoms with van der Waals surface area (Å²) in [4.78, 5) is 12.4. The van der Waals surface area contributed by atoms with E-state index in [0.717, 1.165) is 16.2 Å². The molecule has 23 heavy (non-hydrogen) atoms. The predicted octanol–water partition coefficient (Wildman–Crippen LogP) is 2.78. The molecule has 1 aromatic heterocycles. The van der Waals surface area contributed by atoms with Gasteiger partial charge in [-0.1, -0.05) is 12.1 Å². The molecule has 0 aliphatic heterocycles. The van der Waals surface area contributed by atoms with Crippen LogP contribution < -0.4 is 4.72 Å². The van der Waals surface area contributed by atoms with Gasteiger partial charge in [0.15, 0.2) is 0 Å². The minimum absolute atomic E-state index is 0.159. The SMILES string of the molecule is COC(=O)C[C@H](NS(=O)(=O)c1ccc(C)s1)c1ccc(F)cc1. The van der Waals surface area contributed by atoms with Gasteiger partial charge in [0, 0.05) is 4.88 Å². The number of aryl methyl sites for hydroxylation is 1. The molecular weight excluding hydrogens is 341 g/mol. The summed E-state index contributed by atoms with van der Waals surface area (Å²) in [6.07, 6.45) is -0.189. The van der Waals surface area contributed by atoms with Crippen molar-refractivity contribution < 1.29 is 22.3 Å². The van der Waals surface area contributed by atoms with Crippen LogP contribution in [0, 0.1) is 12.7 Å². The Balaban J connectivity index is 2.30. The van der Waals surface area contributed by atoms with E-state index in [-0.39, 0.29) is 10.6 Å². The Morgan fingerprint density at radius 3 is 2.43 bits per heavy atom. The highest BCUT2D eigenvalue weighted by molar-refractivity contribution is 7.91. The molecule has 2 aromatic rings. The number of esters is 1. The number of nitrogens with one attached hydrogen (secondary N) is 1. The quantitative estimate of drug-likeness (QED) is 0.807. The van der Waals surface area contributed by atoms with Crippen LogP contribution in [-0.4, -0.2) is 21.5 Å². The van der Waals surface area contributed by atoms with Crippen LogP contribution in [0.5, 0.6) is 0 Å². The molecule has 0 aliphatic carbocycles. The zero-order chi connectivity index (χ0) is 17.0. The van der Waals surface area contributed by atoms with Crippen LogP contribution in [0.25, 0.3) is 0 Å². The summed E-state index contributed by atoms with van der Waals surface area (Å²) in [7, 11) is -2.56. The van der Waals surface area contributed by atoms with Gasteiger partial charge in [-0.2, -0.15) is 0 Å². The van der Waals surface area contributed by atoms with Crippen LogP contribution in [0.3, 0.4) is 0 Å². The highest BCUT2D eigenvalue weighted by Crippen LogP contribution is 2.25. The first-order chi connectivity index (χ1) is 10.8. The minimum atomic E-state index is -3.78. The Labute approximate surface area is 138 Å². The Kier molecular flexibility index (Phi) is 5.51. The standard InChI is InChI=1S/C15H16FNO4S2/c1-10-3-8-15(22-10)23(19,20)17-13(9-14(18)21-2)11-4-6-12(16)7-5-11/h3-8,13,17H,9H2,1-2H3/t13-/m0/s1. The molecule has 0 spiro atoms. The molecular formula is C15H16FNO4S2. The molecule has 1 aromatic carbocycles. The van der Waals surface area contributed by atoms with E-state index in [9.17, 15) is 17.6 Å². The minimum Gasteiger partial charge on any atom is -0.469 e. The van der Waals surface area contributed by atoms with Gasteiger partial charge in [-0.3, -0.25) is 4.79 Å². The van der Waals surface area contributed by atoms with E-state index in [2.05, 4.69) is 9.46 Å². The number of hydrogen-bond acceptors (Lipinski definition) is 5. The third kappa shape index (κ3) is 4.60. The van der Waals surface area contributed by atoms with Crippen LogP contribution in [0.1, 0.15) is 22.9 Å². The van der Waals surface area contributed by atoms with Crippen molar-refractivity contribution in [3.63, 3.8) is 0 Å². The summed E-state index contributed by atoms with van der Waals surface area (Å²) in [5.41, 5.74) is 0.480. The molecule has 0 aliphatic rings. The number of hydrogen-bond donors (Lipinski definition) is 1. The van der Waals surface area contributed by atoms with Crippen molar-refractivity contribution in [3.8, 4) is 0 Å². The molecule has 2 rings (SSSR count). The largest absolute Gasteiger partial charge is 0.469 e. The molecule has 0 radical (unpaired) electrons. The lowest BCUT2D eigenvalue weighted by Crippen LogP contribution is -2.30. The van der Waals surface area contributed by atoms with E-state index >= 15 is 0 Å². The van der Waals surface area contributed by atoms with Crippen LogP contribution >= 0.6 is 11.3 Å². The maximum atomic E-state index is 13.1. The summed E-state index contributed by atoms with van der Waals surface area (Å²) >= 11 is 1.13. The van der Waals surface area contributed by atoms with Crippen molar-refractivity contribution in [2.45, 2.75) is 23.6 Å². The second kappa shape index (κ2) is 7.20. The molecule has 0 unspecified atom stereocenters. The van der Waals surface area contributed by atoms with Gasteiger partial charge in [0.2, 0.25) is 0 Å². The zero-order valence-electron chi connectivity index (χ0n) is 12.6. The molecule has 1 N–H and O–H groups in total. The third-order valence-corrected chi connectivity index (χ3v) is 6.11. The maximum absolute atomic E-state index is 13.1. The van der Waals surface area contributed by atoms with Crippen molar-refractivity contribution in [1.29, 1.82) is 0 Å². The third-order valence-electron chi connectivity index (χ3n) is 3.15. The van der Waals surface area contributed by atoms with E-state index in [0.29, 0.717) is 5.56 Å². The fourth-order valence-electron chi connectivity index (χ4n) is 1.97. The molecule has 0 saturated carbocycles. The first kappa shape index (κ1) is 17.6. The number of methoxy groups -OCH3 is 1. The lowest BCUT2D eigenvalue weighted by molar-refractivity contribution is -0.141. The molecule has 1 atom stereocenters. The number of halogens is 1. The Hall–Kier alpha value is -1.77. The maximum Gasteiger partial charge on any atom is 0.307 e. The molecule has 1 heterocycles. The Morgan fingerprint density at radius 2 is 1.91 bits per heavy atom. The predicted molar refractivity (Wildman–Crippen MR) is 85.2 cm³/mol. The van der Waals surface area contributed by atoms with E-state index in [1.165, 1.54) is 37.4 Å². The van der Waals surface area contributed by atoms with Crippen molar-refractivity contribution in [2.75, 3.05) is 7.11 Å². The number of carbonyl (C=O) groups is 1. The summed E-state index contributed by atoms with van der Waals surface area (Å²) in [6.45, 7) is 1.80. The summed E-state index contributed by atoms with van der Waals surface area (Å²) in [5, 5.41) is 0. The molecule has 0 bridgehead atoms. The second-order valence-corrected chi connectivity index (χ2v) is 8.10. The first-order valence-electron chi connectivity index (χ1n) is 6.73. The number of rotatable bonds is 6. The van der Waals surface area contributed by atoms with Gasteiger partial charge >= 0.3 is 5.97 Å². The number of sulfonamides is 1. The van der Waals surface area contributed by atoms with Crippen LogP contribution in [0.15, 0.2) is 40.6 Å². The molecule has 5 nitrogen and oxygen atoms in total. The number of ether oxygens (including phenoxy) is 1. The van der Waals surface area contributed by atoms with Crippen molar-refractivity contribution >= 4 is 27.3 Å². The van der Waals surface area contributed by atoms with E-state index in [4.69, 9.17) is 0 Å². The Morgan fingerprint density at radius 1 is 1.26 bits per heavy atom. The average Bonchev–Trinajstić information content (AvgIpc) is 2.94. The summed E-state index contributed by atoms with van der Waals surface area (Å²) in [5.74, 6) is -1.01. The van der Waals surface area contributed by atoms with Crippen LogP contribution in [0.2, 0.25) is 0 Å². The molecule has 124 valence electrons. The lowest BCUT2D eigenvalue weighted by Gasteiger charge is -2.17. The Bertz CT molecular complexity index is 784. The normalized spacial score (nSPS) is 12.8. The molecule has 0 amide bonds. The highest BCUT2D eigenvalue weighted by Gasteiger charge is 2.25. The van der Waals surface area contributed by atoms with Gasteiger partial charge in [-0.25, -0.2) is 17.5 Å². The van der Waals surface area contributed by atoms with Crippen LogP contribution in [0.4, 0.5) is 4.39 Å². The van der Waals surface area contributed by atoms with Crippen molar-refractivity contribution in [3.05, 3.63) is 52.7 Å². The summed E-state index contributed by atoms with van der Waals surface area (Å²) in [6, 6.07) is 7.66. The number of benzene rings is 1. The number of thiophene rings is 1. The van der Waals surface area contributed by atoms with Gasteiger partial charge in [0.25, 0.3) is 10.0 Å². The van der Waals surface area contributed by atoms with Gasteiger partial charge in [0.1, 0.15) is 10.0 Å². The van der Waals surface area contributed by atoms with Gasteiger partial charge in [0.05, 0.1) is 19.6 Å². The topological polar surface area (TPSA) is 72.5 Å². The average molecular weight is 357 g/mol. The van der Waals surface area contributed by atoms with E-state index < -0.39 is 27.9 Å². The first-order valence-corrected chi connectivity index (χ1v) is 9.03. The zero-order valence-corrected chi connectivity index (χ0v) is 14.2. The highest BCUT2D eigenvalue weighted by atomic mass is 32.2. The van der Waals surface area contributed by atoms with E-state index in [1.54, 1.807) is 13.0 Å². The van der Waals surface area contributed by atoms with Gasteiger partial charge in [-0.05, 0) is 36.8 Å². The summed E-state index contributed by atoms with van der Waals surface area (Å²) < 4.78 is 45.2. The fourth-order valence-corrected chi connectivity index (χ4v) is 4.50. The molecule has 0 fully saturated rings. The van der Waals surface area contributed by atoms with Crippen molar-refractivity contribution in [2.24, 2.45) is 0 Å². The lowest BCUT2D eigenvalue weighted by atomic mass is 10.1. The second-order valence-electron chi connectivity index (χ2n) is 4.87. The monoisotopic (exact) mass is 357 g/mol. The molecule has 8 heteroatoms. The van der Waals surface area contributed by atoms with Gasteiger partial charge in [-0.15, -0.1) is 11.3 Å². The fraction of sp³-hybridized carbons (Fsp3) is 0.267. The van der Waals surface area contributed by atoms with Gasteiger partial charge < -0.3 is 4.74 Å².